The fourth-order valence-electron chi connectivity index (χ4n) is 3.67. The van der Waals surface area contributed by atoms with Gasteiger partial charge in [0.05, 0.1) is 6.04 Å². The molecule has 5 heteroatoms. The third-order valence-corrected chi connectivity index (χ3v) is 10.8. The molecule has 0 aromatic heterocycles. The first-order chi connectivity index (χ1) is 15.2. The van der Waals surface area contributed by atoms with Crippen LogP contribution in [0.4, 0.5) is 4.39 Å². The molecule has 1 atom stereocenters. The monoisotopic (exact) mass is 455 g/mol. The SMILES string of the molecule is CCCC(C)(C)[Si](C)(C)OCCC=C(F)C(Cc1ccccc1)NC(=O)c1ccccc1. The predicted molar refractivity (Wildman–Crippen MR) is 134 cm³/mol. The smallest absolute Gasteiger partial charge is 0.251 e. The van der Waals surface area contributed by atoms with Crippen LogP contribution < -0.4 is 5.32 Å². The molecule has 0 heterocycles. The summed E-state index contributed by atoms with van der Waals surface area (Å²) in [5, 5.41) is 3.04. The third-order valence-electron chi connectivity index (χ3n) is 6.38. The molecule has 0 aliphatic heterocycles. The van der Waals surface area contributed by atoms with Gasteiger partial charge in [0.25, 0.3) is 5.91 Å². The second-order valence-corrected chi connectivity index (χ2v) is 14.1. The maximum Gasteiger partial charge on any atom is 0.251 e. The zero-order valence-electron chi connectivity index (χ0n) is 20.2. The van der Waals surface area contributed by atoms with E-state index in [4.69, 9.17) is 4.43 Å². The Morgan fingerprint density at radius 1 is 1.09 bits per heavy atom. The molecule has 2 aromatic rings. The largest absolute Gasteiger partial charge is 0.417 e. The van der Waals surface area contributed by atoms with Crippen molar-refractivity contribution in [2.75, 3.05) is 6.61 Å². The van der Waals surface area contributed by atoms with Gasteiger partial charge >= 0.3 is 0 Å². The first-order valence-electron chi connectivity index (χ1n) is 11.6. The number of nitrogens with one attached hydrogen (secondary N) is 1. The molecule has 2 rings (SSSR count). The normalized spacial score (nSPS) is 13.6. The van der Waals surface area contributed by atoms with E-state index in [1.54, 1.807) is 30.3 Å². The molecule has 174 valence electrons. The standard InChI is InChI=1S/C27H38FNO2Si/c1-6-19-27(2,3)32(4,5)31-20-13-18-24(28)25(21-22-14-9-7-10-15-22)29-26(30)23-16-11-8-12-17-23/h7-12,14-18,25H,6,13,19-21H2,1-5H3,(H,29,30). The zero-order valence-corrected chi connectivity index (χ0v) is 21.2. The number of carbonyl (C=O) groups is 1. The highest BCUT2D eigenvalue weighted by Crippen LogP contribution is 2.42. The molecular weight excluding hydrogens is 417 g/mol. The lowest BCUT2D eigenvalue weighted by molar-refractivity contribution is 0.0938. The van der Waals surface area contributed by atoms with Crippen LogP contribution in [-0.2, 0) is 10.8 Å². The summed E-state index contributed by atoms with van der Waals surface area (Å²) in [5.41, 5.74) is 1.49. The fourth-order valence-corrected chi connectivity index (χ4v) is 5.54. The summed E-state index contributed by atoms with van der Waals surface area (Å²) in [6, 6.07) is 17.9. The van der Waals surface area contributed by atoms with E-state index < -0.39 is 14.4 Å². The lowest BCUT2D eigenvalue weighted by Gasteiger charge is -2.39. The van der Waals surface area contributed by atoms with Gasteiger partial charge in [-0.1, -0.05) is 75.7 Å². The van der Waals surface area contributed by atoms with Crippen molar-refractivity contribution in [1.82, 2.24) is 5.32 Å². The minimum absolute atomic E-state index is 0.170. The summed E-state index contributed by atoms with van der Waals surface area (Å²) in [6.45, 7) is 11.7. The summed E-state index contributed by atoms with van der Waals surface area (Å²) in [4.78, 5) is 12.7. The molecule has 1 amide bonds. The maximum absolute atomic E-state index is 15.2. The van der Waals surface area contributed by atoms with Gasteiger partial charge in [0.1, 0.15) is 5.83 Å². The van der Waals surface area contributed by atoms with Gasteiger partial charge in [-0.2, -0.15) is 0 Å². The predicted octanol–water partition coefficient (Wildman–Crippen LogP) is 7.07. The maximum atomic E-state index is 15.2. The molecular formula is C27H38FNO2Si. The van der Waals surface area contributed by atoms with Gasteiger partial charge in [0.15, 0.2) is 8.32 Å². The van der Waals surface area contributed by atoms with Crippen LogP contribution in [0.5, 0.6) is 0 Å². The number of hydrogen-bond acceptors (Lipinski definition) is 2. The Kier molecular flexibility index (Phi) is 9.85. The van der Waals surface area contributed by atoms with E-state index in [0.717, 1.165) is 18.4 Å². The highest BCUT2D eigenvalue weighted by atomic mass is 28.4. The molecule has 0 spiro atoms. The Morgan fingerprint density at radius 2 is 1.69 bits per heavy atom. The molecule has 3 nitrogen and oxygen atoms in total. The van der Waals surface area contributed by atoms with Crippen molar-refractivity contribution in [1.29, 1.82) is 0 Å². The van der Waals surface area contributed by atoms with Crippen LogP contribution in [-0.4, -0.2) is 26.9 Å². The van der Waals surface area contributed by atoms with Crippen LogP contribution in [0.15, 0.2) is 72.6 Å². The van der Waals surface area contributed by atoms with Crippen LogP contribution in [0.1, 0.15) is 56.0 Å². The summed E-state index contributed by atoms with van der Waals surface area (Å²) >= 11 is 0. The Balaban J connectivity index is 2.05. The van der Waals surface area contributed by atoms with Crippen molar-refractivity contribution in [3.63, 3.8) is 0 Å². The Labute approximate surface area is 194 Å². The molecule has 0 radical (unpaired) electrons. The molecule has 0 aliphatic rings. The van der Waals surface area contributed by atoms with Gasteiger partial charge in [-0.15, -0.1) is 0 Å². The van der Waals surface area contributed by atoms with Crippen molar-refractivity contribution in [3.8, 4) is 0 Å². The topological polar surface area (TPSA) is 38.3 Å². The molecule has 1 N–H and O–H groups in total. The molecule has 0 aliphatic carbocycles. The highest BCUT2D eigenvalue weighted by Gasteiger charge is 2.39. The lowest BCUT2D eigenvalue weighted by atomic mass is 10.0. The van der Waals surface area contributed by atoms with Crippen LogP contribution >= 0.6 is 0 Å². The molecule has 2 aromatic carbocycles. The van der Waals surface area contributed by atoms with Crippen molar-refractivity contribution >= 4 is 14.2 Å². The summed E-state index contributed by atoms with van der Waals surface area (Å²) < 4.78 is 21.5. The van der Waals surface area contributed by atoms with Gasteiger partial charge in [-0.05, 0) is 61.2 Å². The van der Waals surface area contributed by atoms with Crippen LogP contribution in [0.3, 0.4) is 0 Å². The Morgan fingerprint density at radius 3 is 2.28 bits per heavy atom. The number of carbonyl (C=O) groups excluding carboxylic acids is 1. The first-order valence-corrected chi connectivity index (χ1v) is 14.5. The van der Waals surface area contributed by atoms with Crippen molar-refractivity contribution in [3.05, 3.63) is 83.7 Å². The van der Waals surface area contributed by atoms with Crippen LogP contribution in [0.2, 0.25) is 18.1 Å². The van der Waals surface area contributed by atoms with Gasteiger partial charge < -0.3 is 9.74 Å². The number of benzene rings is 2. The molecule has 1 unspecified atom stereocenters. The van der Waals surface area contributed by atoms with E-state index >= 15 is 4.39 Å². The van der Waals surface area contributed by atoms with Gasteiger partial charge in [0.2, 0.25) is 0 Å². The quantitative estimate of drug-likeness (QED) is 0.274. The summed E-state index contributed by atoms with van der Waals surface area (Å²) in [6.07, 6.45) is 4.70. The lowest BCUT2D eigenvalue weighted by Crippen LogP contribution is -2.42. The third kappa shape index (κ3) is 7.71. The first kappa shape index (κ1) is 26.0. The Bertz CT molecular complexity index is 866. The number of hydrogen-bond donors (Lipinski definition) is 1. The van der Waals surface area contributed by atoms with Crippen molar-refractivity contribution < 1.29 is 13.6 Å². The summed E-state index contributed by atoms with van der Waals surface area (Å²) in [7, 11) is -1.90. The second-order valence-electron chi connectivity index (χ2n) is 9.45. The van der Waals surface area contributed by atoms with E-state index in [-0.39, 0.29) is 16.8 Å². The fraction of sp³-hybridized carbons (Fsp3) is 0.444. The Hall–Kier alpha value is -2.24. The average molecular weight is 456 g/mol. The van der Waals surface area contributed by atoms with E-state index in [1.165, 1.54) is 0 Å². The van der Waals surface area contributed by atoms with Gasteiger partial charge in [0, 0.05) is 12.2 Å². The molecule has 0 fully saturated rings. The molecule has 0 saturated heterocycles. The van der Waals surface area contributed by atoms with E-state index in [1.807, 2.05) is 36.4 Å². The van der Waals surface area contributed by atoms with Gasteiger partial charge in [-0.3, -0.25) is 4.79 Å². The molecule has 32 heavy (non-hydrogen) atoms. The number of rotatable bonds is 12. The van der Waals surface area contributed by atoms with E-state index in [0.29, 0.717) is 25.0 Å². The highest BCUT2D eigenvalue weighted by molar-refractivity contribution is 6.74. The van der Waals surface area contributed by atoms with Crippen molar-refractivity contribution in [2.45, 2.75) is 70.6 Å². The minimum atomic E-state index is -1.90. The molecule has 0 bridgehead atoms. The van der Waals surface area contributed by atoms with Crippen molar-refractivity contribution in [2.24, 2.45) is 0 Å². The number of amides is 1. The minimum Gasteiger partial charge on any atom is -0.417 e. The number of halogens is 1. The van der Waals surface area contributed by atoms with Crippen LogP contribution in [0.25, 0.3) is 0 Å². The molecule has 0 saturated carbocycles. The zero-order chi connectivity index (χ0) is 23.6. The van der Waals surface area contributed by atoms with Crippen LogP contribution in [0, 0.1) is 0 Å². The summed E-state index contributed by atoms with van der Waals surface area (Å²) in [5.74, 6) is -0.602. The second kappa shape index (κ2) is 12.1. The van der Waals surface area contributed by atoms with Gasteiger partial charge in [-0.25, -0.2) is 4.39 Å². The van der Waals surface area contributed by atoms with E-state index in [9.17, 15) is 4.79 Å². The van der Waals surface area contributed by atoms with E-state index in [2.05, 4.69) is 39.2 Å². The average Bonchev–Trinajstić information content (AvgIpc) is 2.77.